The number of ether oxygens (including phenoxy) is 1. The molecule has 0 radical (unpaired) electrons. The minimum Gasteiger partial charge on any atom is -0.486 e. The summed E-state index contributed by atoms with van der Waals surface area (Å²) in [5.41, 5.74) is 0.774. The molecule has 2 aromatic heterocycles. The summed E-state index contributed by atoms with van der Waals surface area (Å²) in [5.74, 6) is 1.49. The number of hydrogen-bond acceptors (Lipinski definition) is 4. The lowest BCUT2D eigenvalue weighted by Gasteiger charge is -2.02. The number of aromatic nitrogens is 2. The van der Waals surface area contributed by atoms with Gasteiger partial charge in [-0.05, 0) is 35.0 Å². The Morgan fingerprint density at radius 3 is 2.93 bits per heavy atom. The maximum absolute atomic E-state index is 5.45. The number of pyridine rings is 1. The van der Waals surface area contributed by atoms with E-state index in [1.54, 1.807) is 6.20 Å². The van der Waals surface area contributed by atoms with Gasteiger partial charge < -0.3 is 9.26 Å². The molecule has 0 unspecified atom stereocenters. The van der Waals surface area contributed by atoms with E-state index < -0.39 is 0 Å². The van der Waals surface area contributed by atoms with Crippen molar-refractivity contribution >= 4 is 15.9 Å². The van der Waals surface area contributed by atoms with Gasteiger partial charge in [-0.3, -0.25) is 0 Å². The summed E-state index contributed by atoms with van der Waals surface area (Å²) in [7, 11) is 0. The second kappa shape index (κ2) is 4.44. The van der Waals surface area contributed by atoms with E-state index in [1.165, 1.54) is 0 Å². The number of halogens is 1. The van der Waals surface area contributed by atoms with Crippen LogP contribution in [0.2, 0.25) is 0 Å². The van der Waals surface area contributed by atoms with Crippen LogP contribution in [0.25, 0.3) is 0 Å². The van der Waals surface area contributed by atoms with Crippen molar-refractivity contribution in [1.82, 2.24) is 10.1 Å². The minimum atomic E-state index is 0.390. The molecule has 0 N–H and O–H groups in total. The highest BCUT2D eigenvalue weighted by atomic mass is 79.9. The third-order valence-corrected chi connectivity index (χ3v) is 2.23. The molecule has 2 heterocycles. The molecule has 0 amide bonds. The van der Waals surface area contributed by atoms with E-state index in [-0.39, 0.29) is 0 Å². The van der Waals surface area contributed by atoms with Crippen LogP contribution in [-0.2, 0) is 6.61 Å². The molecular weight excluding hydrogens is 260 g/mol. The fourth-order valence-electron chi connectivity index (χ4n) is 1.09. The highest BCUT2D eigenvalue weighted by Crippen LogP contribution is 2.14. The van der Waals surface area contributed by atoms with Crippen LogP contribution in [0.1, 0.15) is 11.5 Å². The molecule has 0 aliphatic heterocycles. The molecule has 78 valence electrons. The molecule has 0 atom stereocenters. The highest BCUT2D eigenvalue weighted by Gasteiger charge is 2.01. The van der Waals surface area contributed by atoms with E-state index in [4.69, 9.17) is 9.26 Å². The second-order valence-electron chi connectivity index (χ2n) is 3.03. The van der Waals surface area contributed by atoms with Gasteiger partial charge in [0, 0.05) is 6.07 Å². The number of aryl methyl sites for hydroxylation is 1. The fraction of sp³-hybridized carbons (Fsp3) is 0.200. The summed E-state index contributed by atoms with van der Waals surface area (Å²) in [6.45, 7) is 2.23. The van der Waals surface area contributed by atoms with Crippen LogP contribution in [-0.4, -0.2) is 10.1 Å². The van der Waals surface area contributed by atoms with Crippen molar-refractivity contribution in [3.63, 3.8) is 0 Å². The van der Waals surface area contributed by atoms with Gasteiger partial charge in [0.1, 0.15) is 28.4 Å². The van der Waals surface area contributed by atoms with Crippen LogP contribution in [0.15, 0.2) is 33.5 Å². The van der Waals surface area contributed by atoms with E-state index in [1.807, 2.05) is 25.1 Å². The Balaban J connectivity index is 1.96. The summed E-state index contributed by atoms with van der Waals surface area (Å²) in [6, 6.07) is 5.50. The van der Waals surface area contributed by atoms with E-state index in [0.29, 0.717) is 12.4 Å². The number of hydrogen-bond donors (Lipinski definition) is 0. The zero-order valence-electron chi connectivity index (χ0n) is 8.11. The van der Waals surface area contributed by atoms with Crippen molar-refractivity contribution in [2.75, 3.05) is 0 Å². The zero-order valence-corrected chi connectivity index (χ0v) is 9.69. The van der Waals surface area contributed by atoms with Gasteiger partial charge in [0.25, 0.3) is 0 Å². The Kier molecular flexibility index (Phi) is 3.01. The number of rotatable bonds is 3. The molecule has 2 aromatic rings. The quantitative estimate of drug-likeness (QED) is 0.804. The smallest absolute Gasteiger partial charge is 0.138 e. The summed E-state index contributed by atoms with van der Waals surface area (Å²) in [4.78, 5) is 4.04. The van der Waals surface area contributed by atoms with Gasteiger partial charge in [-0.25, -0.2) is 4.98 Å². The van der Waals surface area contributed by atoms with Crippen LogP contribution in [0.5, 0.6) is 5.75 Å². The molecule has 15 heavy (non-hydrogen) atoms. The highest BCUT2D eigenvalue weighted by molar-refractivity contribution is 9.10. The molecule has 5 heteroatoms. The lowest BCUT2D eigenvalue weighted by Crippen LogP contribution is -1.95. The van der Waals surface area contributed by atoms with Crippen molar-refractivity contribution < 1.29 is 9.26 Å². The maximum Gasteiger partial charge on any atom is 0.138 e. The molecular formula is C10H9BrN2O2. The molecule has 0 spiro atoms. The van der Waals surface area contributed by atoms with Crippen LogP contribution in [0.4, 0.5) is 0 Å². The average molecular weight is 269 g/mol. The van der Waals surface area contributed by atoms with Crippen LogP contribution in [0, 0.1) is 6.92 Å². The van der Waals surface area contributed by atoms with Crippen molar-refractivity contribution in [2.24, 2.45) is 0 Å². The molecule has 2 rings (SSSR count). The summed E-state index contributed by atoms with van der Waals surface area (Å²) in [5, 5.41) is 3.82. The lowest BCUT2D eigenvalue weighted by atomic mass is 10.4. The predicted molar refractivity (Wildman–Crippen MR) is 57.5 cm³/mol. The Hall–Kier alpha value is -1.36. The molecule has 0 saturated carbocycles. The van der Waals surface area contributed by atoms with Gasteiger partial charge in [-0.1, -0.05) is 5.16 Å². The molecule has 0 bridgehead atoms. The molecule has 0 fully saturated rings. The van der Waals surface area contributed by atoms with Crippen LogP contribution < -0.4 is 4.74 Å². The minimum absolute atomic E-state index is 0.390. The summed E-state index contributed by atoms with van der Waals surface area (Å²) in [6.07, 6.45) is 1.65. The van der Waals surface area contributed by atoms with Gasteiger partial charge in [-0.2, -0.15) is 0 Å². The largest absolute Gasteiger partial charge is 0.486 e. The third-order valence-electron chi connectivity index (χ3n) is 1.76. The summed E-state index contributed by atoms with van der Waals surface area (Å²) >= 11 is 3.25. The van der Waals surface area contributed by atoms with Gasteiger partial charge in [0.15, 0.2) is 0 Å². The van der Waals surface area contributed by atoms with Crippen molar-refractivity contribution in [2.45, 2.75) is 13.5 Å². The molecule has 0 aromatic carbocycles. The van der Waals surface area contributed by atoms with Crippen LogP contribution >= 0.6 is 15.9 Å². The summed E-state index contributed by atoms with van der Waals surface area (Å²) < 4.78 is 11.2. The van der Waals surface area contributed by atoms with Gasteiger partial charge in [0.2, 0.25) is 0 Å². The lowest BCUT2D eigenvalue weighted by molar-refractivity contribution is 0.287. The Morgan fingerprint density at radius 1 is 1.47 bits per heavy atom. The van der Waals surface area contributed by atoms with E-state index in [2.05, 4.69) is 26.1 Å². The third kappa shape index (κ3) is 2.79. The molecule has 0 aliphatic rings. The zero-order chi connectivity index (χ0) is 10.7. The van der Waals surface area contributed by atoms with Crippen molar-refractivity contribution in [1.29, 1.82) is 0 Å². The average Bonchev–Trinajstić information content (AvgIpc) is 2.64. The maximum atomic E-state index is 5.45. The monoisotopic (exact) mass is 268 g/mol. The SMILES string of the molecule is Cc1cc(COc2ccc(Br)nc2)no1. The van der Waals surface area contributed by atoms with Crippen LogP contribution in [0.3, 0.4) is 0 Å². The first-order valence-corrected chi connectivity index (χ1v) is 5.20. The Morgan fingerprint density at radius 2 is 2.33 bits per heavy atom. The first-order valence-electron chi connectivity index (χ1n) is 4.40. The Labute approximate surface area is 95.4 Å². The van der Waals surface area contributed by atoms with Crippen molar-refractivity contribution in [3.8, 4) is 5.75 Å². The Bertz CT molecular complexity index is 439. The standard InChI is InChI=1S/C10H9BrN2O2/c1-7-4-8(13-15-7)6-14-9-2-3-10(11)12-5-9/h2-5H,6H2,1H3. The number of nitrogens with zero attached hydrogens (tertiary/aromatic N) is 2. The first kappa shape index (κ1) is 10.2. The van der Waals surface area contributed by atoms with Gasteiger partial charge >= 0.3 is 0 Å². The topological polar surface area (TPSA) is 48.2 Å². The molecule has 0 aliphatic carbocycles. The second-order valence-corrected chi connectivity index (χ2v) is 3.85. The van der Waals surface area contributed by atoms with Gasteiger partial charge in [0.05, 0.1) is 6.20 Å². The van der Waals surface area contributed by atoms with E-state index >= 15 is 0 Å². The normalized spacial score (nSPS) is 10.3. The fourth-order valence-corrected chi connectivity index (χ4v) is 1.33. The van der Waals surface area contributed by atoms with E-state index in [0.717, 1.165) is 16.1 Å². The predicted octanol–water partition coefficient (Wildman–Crippen LogP) is 2.72. The van der Waals surface area contributed by atoms with E-state index in [9.17, 15) is 0 Å². The first-order chi connectivity index (χ1) is 7.24. The van der Waals surface area contributed by atoms with Gasteiger partial charge in [-0.15, -0.1) is 0 Å². The van der Waals surface area contributed by atoms with Crippen molar-refractivity contribution in [3.05, 3.63) is 40.5 Å². The molecule has 4 nitrogen and oxygen atoms in total. The molecule has 0 saturated heterocycles.